The number of rotatable bonds is 4. The molecule has 0 bridgehead atoms. The summed E-state index contributed by atoms with van der Waals surface area (Å²) >= 11 is 6.16. The molecule has 2 heterocycles. The van der Waals surface area contributed by atoms with Crippen molar-refractivity contribution in [3.63, 3.8) is 0 Å². The third-order valence-corrected chi connectivity index (χ3v) is 6.66. The van der Waals surface area contributed by atoms with Crippen LogP contribution in [0.15, 0.2) is 36.4 Å². The van der Waals surface area contributed by atoms with Gasteiger partial charge in [0.2, 0.25) is 10.0 Å². The smallest absolute Gasteiger partial charge is 0.255 e. The van der Waals surface area contributed by atoms with Crippen molar-refractivity contribution in [3.05, 3.63) is 52.5 Å². The van der Waals surface area contributed by atoms with Crippen LogP contribution in [0.4, 0.5) is 17.1 Å². The fourth-order valence-electron chi connectivity index (χ4n) is 3.89. The Hall–Kier alpha value is -2.25. The Morgan fingerprint density at radius 3 is 2.46 bits per heavy atom. The highest BCUT2D eigenvalue weighted by Crippen LogP contribution is 2.33. The molecule has 2 aromatic rings. The molecule has 4 rings (SSSR count). The second-order valence-electron chi connectivity index (χ2n) is 7.24. The molecule has 0 radical (unpaired) electrons. The average molecular weight is 420 g/mol. The fourth-order valence-corrected chi connectivity index (χ4v) is 5.02. The van der Waals surface area contributed by atoms with Gasteiger partial charge in [0.15, 0.2) is 0 Å². The minimum Gasteiger partial charge on any atom is -0.370 e. The Morgan fingerprint density at radius 1 is 1.04 bits per heavy atom. The third-order valence-electron chi connectivity index (χ3n) is 5.25. The van der Waals surface area contributed by atoms with E-state index in [4.69, 9.17) is 11.6 Å². The van der Waals surface area contributed by atoms with Crippen LogP contribution < -0.4 is 14.5 Å². The van der Waals surface area contributed by atoms with E-state index >= 15 is 0 Å². The SMILES string of the molecule is CS(=O)(=O)N1CCc2cc(C(=O)Nc3cc(Cl)ccc3N3CCCC3)ccc21. The number of hydrogen-bond acceptors (Lipinski definition) is 4. The summed E-state index contributed by atoms with van der Waals surface area (Å²) in [7, 11) is -3.30. The van der Waals surface area contributed by atoms with Crippen molar-refractivity contribution in [2.45, 2.75) is 19.3 Å². The number of hydrogen-bond donors (Lipinski definition) is 1. The van der Waals surface area contributed by atoms with Crippen LogP contribution in [0.2, 0.25) is 5.02 Å². The number of sulfonamides is 1. The Balaban J connectivity index is 1.59. The standard InChI is InChI=1S/C20H22ClN3O3S/c1-28(26,27)24-11-8-14-12-15(4-6-18(14)24)20(25)22-17-13-16(21)5-7-19(17)23-9-2-3-10-23/h4-7,12-13H,2-3,8-11H2,1H3,(H,22,25). The van der Waals surface area contributed by atoms with Gasteiger partial charge in [-0.25, -0.2) is 8.42 Å². The molecule has 8 heteroatoms. The lowest BCUT2D eigenvalue weighted by Gasteiger charge is -2.22. The molecule has 0 aromatic heterocycles. The molecule has 2 aliphatic heterocycles. The number of benzene rings is 2. The largest absolute Gasteiger partial charge is 0.370 e. The molecule has 1 saturated heterocycles. The topological polar surface area (TPSA) is 69.7 Å². The van der Waals surface area contributed by atoms with Gasteiger partial charge in [-0.05, 0) is 61.2 Å². The zero-order chi connectivity index (χ0) is 19.9. The predicted octanol–water partition coefficient (Wildman–Crippen LogP) is 3.51. The molecule has 0 unspecified atom stereocenters. The molecular weight excluding hydrogens is 398 g/mol. The molecule has 1 N–H and O–H groups in total. The Morgan fingerprint density at radius 2 is 1.75 bits per heavy atom. The van der Waals surface area contributed by atoms with E-state index < -0.39 is 10.0 Å². The van der Waals surface area contributed by atoms with E-state index in [0.717, 1.165) is 37.2 Å². The average Bonchev–Trinajstić information content (AvgIpc) is 3.30. The van der Waals surface area contributed by atoms with Crippen molar-refractivity contribution in [2.24, 2.45) is 0 Å². The second-order valence-corrected chi connectivity index (χ2v) is 9.58. The first-order chi connectivity index (χ1) is 13.3. The summed E-state index contributed by atoms with van der Waals surface area (Å²) < 4.78 is 25.1. The van der Waals surface area contributed by atoms with E-state index in [1.54, 1.807) is 24.3 Å². The van der Waals surface area contributed by atoms with E-state index in [2.05, 4.69) is 10.2 Å². The first-order valence-corrected chi connectivity index (χ1v) is 11.5. The van der Waals surface area contributed by atoms with Gasteiger partial charge in [0.1, 0.15) is 0 Å². The molecule has 0 atom stereocenters. The van der Waals surface area contributed by atoms with Gasteiger partial charge in [-0.15, -0.1) is 0 Å². The van der Waals surface area contributed by atoms with E-state index in [-0.39, 0.29) is 5.91 Å². The van der Waals surface area contributed by atoms with Gasteiger partial charge in [-0.3, -0.25) is 9.10 Å². The van der Waals surface area contributed by atoms with Gasteiger partial charge in [0.25, 0.3) is 5.91 Å². The maximum atomic E-state index is 12.9. The van der Waals surface area contributed by atoms with Gasteiger partial charge in [-0.1, -0.05) is 11.6 Å². The summed E-state index contributed by atoms with van der Waals surface area (Å²) in [5.74, 6) is -0.233. The van der Waals surface area contributed by atoms with Gasteiger partial charge >= 0.3 is 0 Å². The minimum absolute atomic E-state index is 0.233. The highest BCUT2D eigenvalue weighted by atomic mass is 35.5. The monoisotopic (exact) mass is 419 g/mol. The van der Waals surface area contributed by atoms with E-state index in [9.17, 15) is 13.2 Å². The normalized spacial score (nSPS) is 16.4. The number of amides is 1. The van der Waals surface area contributed by atoms with E-state index in [1.807, 2.05) is 12.1 Å². The zero-order valence-corrected chi connectivity index (χ0v) is 17.2. The number of carbonyl (C=O) groups is 1. The molecule has 28 heavy (non-hydrogen) atoms. The van der Waals surface area contributed by atoms with Crippen molar-refractivity contribution in [1.29, 1.82) is 0 Å². The predicted molar refractivity (Wildman–Crippen MR) is 113 cm³/mol. The first-order valence-electron chi connectivity index (χ1n) is 9.29. The molecule has 0 saturated carbocycles. The van der Waals surface area contributed by atoms with E-state index in [1.165, 1.54) is 10.6 Å². The third kappa shape index (κ3) is 3.69. The summed E-state index contributed by atoms with van der Waals surface area (Å²) in [6.45, 7) is 2.34. The Kier molecular flexibility index (Phi) is 4.97. The molecular formula is C20H22ClN3O3S. The lowest BCUT2D eigenvalue weighted by Crippen LogP contribution is -2.27. The van der Waals surface area contributed by atoms with Crippen LogP contribution in [0.25, 0.3) is 0 Å². The highest BCUT2D eigenvalue weighted by Gasteiger charge is 2.27. The molecule has 6 nitrogen and oxygen atoms in total. The number of anilines is 3. The highest BCUT2D eigenvalue weighted by molar-refractivity contribution is 7.92. The van der Waals surface area contributed by atoms with E-state index in [0.29, 0.717) is 34.9 Å². The van der Waals surface area contributed by atoms with Crippen molar-refractivity contribution < 1.29 is 13.2 Å². The van der Waals surface area contributed by atoms with Crippen molar-refractivity contribution in [3.8, 4) is 0 Å². The van der Waals surface area contributed by atoms with Crippen molar-refractivity contribution in [2.75, 3.05) is 40.4 Å². The molecule has 0 spiro atoms. The maximum absolute atomic E-state index is 12.9. The van der Waals surface area contributed by atoms with Crippen LogP contribution in [-0.4, -0.2) is 40.2 Å². The summed E-state index contributed by atoms with van der Waals surface area (Å²) in [5, 5.41) is 3.55. The number of carbonyl (C=O) groups excluding carboxylic acids is 1. The zero-order valence-electron chi connectivity index (χ0n) is 15.6. The van der Waals surface area contributed by atoms with Gasteiger partial charge in [0, 0.05) is 30.2 Å². The van der Waals surface area contributed by atoms with Crippen molar-refractivity contribution in [1.82, 2.24) is 0 Å². The number of halogens is 1. The van der Waals surface area contributed by atoms with Crippen LogP contribution in [0.1, 0.15) is 28.8 Å². The van der Waals surface area contributed by atoms with Gasteiger partial charge < -0.3 is 10.2 Å². The molecule has 1 amide bonds. The summed E-state index contributed by atoms with van der Waals surface area (Å²) in [6.07, 6.45) is 4.07. The van der Waals surface area contributed by atoms with Gasteiger partial charge in [-0.2, -0.15) is 0 Å². The summed E-state index contributed by atoms with van der Waals surface area (Å²) in [6, 6.07) is 10.7. The van der Waals surface area contributed by atoms with Crippen LogP contribution in [-0.2, 0) is 16.4 Å². The second kappa shape index (κ2) is 7.29. The van der Waals surface area contributed by atoms with Crippen molar-refractivity contribution >= 4 is 44.6 Å². The minimum atomic E-state index is -3.30. The lowest BCUT2D eigenvalue weighted by atomic mass is 10.1. The molecule has 2 aromatic carbocycles. The maximum Gasteiger partial charge on any atom is 0.255 e. The summed E-state index contributed by atoms with van der Waals surface area (Å²) in [4.78, 5) is 15.1. The molecule has 0 aliphatic carbocycles. The Labute approximate surface area is 170 Å². The molecule has 148 valence electrons. The van der Waals surface area contributed by atoms with Crippen LogP contribution in [0, 0.1) is 0 Å². The number of nitrogens with one attached hydrogen (secondary N) is 1. The van der Waals surface area contributed by atoms with Crippen LogP contribution in [0.3, 0.4) is 0 Å². The number of nitrogens with zero attached hydrogens (tertiary/aromatic N) is 2. The first kappa shape index (κ1) is 19.1. The number of fused-ring (bicyclic) bond motifs is 1. The molecule has 1 fully saturated rings. The summed E-state index contributed by atoms with van der Waals surface area (Å²) in [5.41, 5.74) is 3.68. The molecule has 2 aliphatic rings. The lowest BCUT2D eigenvalue weighted by molar-refractivity contribution is 0.102. The quantitative estimate of drug-likeness (QED) is 0.823. The van der Waals surface area contributed by atoms with Gasteiger partial charge in [0.05, 0.1) is 23.3 Å². The van der Waals surface area contributed by atoms with Crippen LogP contribution >= 0.6 is 11.6 Å². The fraction of sp³-hybridized carbons (Fsp3) is 0.350. The Bertz CT molecular complexity index is 1030. The van der Waals surface area contributed by atoms with Crippen LogP contribution in [0.5, 0.6) is 0 Å².